The van der Waals surface area contributed by atoms with E-state index >= 15 is 0 Å². The van der Waals surface area contributed by atoms with Gasteiger partial charge < -0.3 is 4.90 Å². The Kier molecular flexibility index (Phi) is 10.4. The van der Waals surface area contributed by atoms with Gasteiger partial charge in [-0.2, -0.15) is 0 Å². The SMILES string of the molecule is CN(C)Cc1ccccc1PC([Si](C)(C)C)[Si](C)(C)C.[Cl][Ge]. The van der Waals surface area contributed by atoms with Gasteiger partial charge in [-0.15, -0.1) is 0 Å². The number of nitrogens with zero attached hydrogens (tertiary/aromatic N) is 1. The molecule has 0 heterocycles. The first-order valence-corrected chi connectivity index (χ1v) is 18.7. The normalized spacial score (nSPS) is 12.9. The van der Waals surface area contributed by atoms with Crippen LogP contribution in [0.5, 0.6) is 0 Å². The third kappa shape index (κ3) is 8.12. The number of rotatable bonds is 6. The van der Waals surface area contributed by atoms with Gasteiger partial charge in [-0.3, -0.25) is 0 Å². The van der Waals surface area contributed by atoms with E-state index in [0.29, 0.717) is 0 Å². The first-order chi connectivity index (χ1) is 10.0. The molecular weight excluding hydrogens is 401 g/mol. The number of benzene rings is 1. The molecule has 0 bridgehead atoms. The van der Waals surface area contributed by atoms with E-state index in [9.17, 15) is 0 Å². The summed E-state index contributed by atoms with van der Waals surface area (Å²) in [5.74, 6) is 0. The molecule has 0 spiro atoms. The zero-order valence-electron chi connectivity index (χ0n) is 15.4. The van der Waals surface area contributed by atoms with Gasteiger partial charge in [0.2, 0.25) is 0 Å². The summed E-state index contributed by atoms with van der Waals surface area (Å²) in [6.45, 7) is 16.4. The average Bonchev–Trinajstić information content (AvgIpc) is 2.36. The summed E-state index contributed by atoms with van der Waals surface area (Å²) in [4.78, 5) is 3.25. The van der Waals surface area contributed by atoms with E-state index in [1.54, 1.807) is 5.30 Å². The van der Waals surface area contributed by atoms with Gasteiger partial charge in [-0.05, 0) is 29.9 Å². The van der Waals surface area contributed by atoms with Crippen molar-refractivity contribution < 1.29 is 0 Å². The third-order valence-electron chi connectivity index (χ3n) is 3.54. The Labute approximate surface area is 154 Å². The van der Waals surface area contributed by atoms with E-state index in [4.69, 9.17) is 0 Å². The van der Waals surface area contributed by atoms with Crippen LogP contribution in [-0.2, 0) is 6.54 Å². The summed E-state index contributed by atoms with van der Waals surface area (Å²) >= 11 is 1.47. The van der Waals surface area contributed by atoms with Crippen LogP contribution in [0.15, 0.2) is 24.3 Å². The van der Waals surface area contributed by atoms with E-state index < -0.39 is 16.1 Å². The molecule has 0 amide bonds. The maximum absolute atomic E-state index is 4.64. The average molecular weight is 434 g/mol. The number of hydrogen-bond donors (Lipinski definition) is 0. The molecule has 0 saturated carbocycles. The molecule has 1 aromatic rings. The van der Waals surface area contributed by atoms with Crippen LogP contribution < -0.4 is 5.30 Å². The van der Waals surface area contributed by atoms with E-state index in [2.05, 4.69) is 92.6 Å². The predicted octanol–water partition coefficient (Wildman–Crippen LogP) is 4.48. The second-order valence-electron chi connectivity index (χ2n) is 8.20. The van der Waals surface area contributed by atoms with Crippen LogP contribution >= 0.6 is 18.6 Å². The van der Waals surface area contributed by atoms with Gasteiger partial charge in [0.1, 0.15) is 0 Å². The zero-order chi connectivity index (χ0) is 17.6. The Bertz CT molecular complexity index is 431. The Morgan fingerprint density at radius 3 is 1.86 bits per heavy atom. The summed E-state index contributed by atoms with van der Waals surface area (Å²) in [7, 11) is 7.74. The van der Waals surface area contributed by atoms with Crippen molar-refractivity contribution in [1.82, 2.24) is 4.90 Å². The zero-order valence-corrected chi connectivity index (χ0v) is 21.3. The maximum atomic E-state index is 4.64. The minimum atomic E-state index is -1.11. The van der Waals surface area contributed by atoms with Crippen molar-refractivity contribution in [3.63, 3.8) is 0 Å². The van der Waals surface area contributed by atoms with E-state index in [-0.39, 0.29) is 0 Å². The van der Waals surface area contributed by atoms with Crippen molar-refractivity contribution in [3.05, 3.63) is 29.8 Å². The Morgan fingerprint density at radius 1 is 1.00 bits per heavy atom. The fraction of sp³-hybridized carbons (Fsp3) is 0.625. The molecule has 125 valence electrons. The fourth-order valence-electron chi connectivity index (χ4n) is 3.03. The fourth-order valence-corrected chi connectivity index (χ4v) is 18.7. The van der Waals surface area contributed by atoms with Crippen molar-refractivity contribution in [1.29, 1.82) is 0 Å². The quantitative estimate of drug-likeness (QED) is 0.472. The molecular formula is C16H32ClGeNPSi2. The minimum absolute atomic E-state index is 0.971. The van der Waals surface area contributed by atoms with E-state index in [1.165, 1.54) is 21.1 Å². The van der Waals surface area contributed by atoms with E-state index in [1.807, 2.05) is 0 Å². The second kappa shape index (κ2) is 10.0. The molecule has 6 heteroatoms. The van der Waals surface area contributed by atoms with Crippen LogP contribution in [-0.4, -0.2) is 55.6 Å². The van der Waals surface area contributed by atoms with Crippen LogP contribution in [0.4, 0.5) is 0 Å². The second-order valence-corrected chi connectivity index (χ2v) is 22.0. The van der Waals surface area contributed by atoms with Crippen LogP contribution in [0.25, 0.3) is 0 Å². The summed E-state index contributed by atoms with van der Waals surface area (Å²) in [5.41, 5.74) is 1.53. The predicted molar refractivity (Wildman–Crippen MR) is 114 cm³/mol. The molecule has 0 saturated heterocycles. The molecule has 0 aliphatic heterocycles. The molecule has 22 heavy (non-hydrogen) atoms. The molecule has 0 N–H and O–H groups in total. The number of hydrogen-bond acceptors (Lipinski definition) is 1. The molecule has 0 aliphatic rings. The number of halogens is 1. The first kappa shape index (κ1) is 22.9. The molecule has 0 aromatic heterocycles. The van der Waals surface area contributed by atoms with Gasteiger partial charge in [0.15, 0.2) is 0 Å². The van der Waals surface area contributed by atoms with Crippen LogP contribution in [0, 0.1) is 0 Å². The van der Waals surface area contributed by atoms with Gasteiger partial charge in [-0.1, -0.05) is 72.1 Å². The van der Waals surface area contributed by atoms with Gasteiger partial charge in [0.25, 0.3) is 0 Å². The molecule has 1 aromatic carbocycles. The molecule has 1 rings (SSSR count). The summed E-state index contributed by atoms with van der Waals surface area (Å²) in [6, 6.07) is 9.08. The summed E-state index contributed by atoms with van der Waals surface area (Å²) in [5, 5.41) is 1.61. The molecule has 1 atom stereocenters. The third-order valence-corrected chi connectivity index (χ3v) is 19.3. The Balaban J connectivity index is 0.00000211. The van der Waals surface area contributed by atoms with Crippen molar-refractivity contribution in [3.8, 4) is 0 Å². The van der Waals surface area contributed by atoms with Gasteiger partial charge in [0.05, 0.1) is 0 Å². The topological polar surface area (TPSA) is 3.24 Å². The molecule has 1 unspecified atom stereocenters. The molecule has 0 aliphatic carbocycles. The van der Waals surface area contributed by atoms with Crippen molar-refractivity contribution in [2.24, 2.45) is 0 Å². The molecule has 3 radical (unpaired) electrons. The van der Waals surface area contributed by atoms with Crippen molar-refractivity contribution in [2.75, 3.05) is 14.1 Å². The van der Waals surface area contributed by atoms with Gasteiger partial charge >= 0.3 is 25.6 Å². The summed E-state index contributed by atoms with van der Waals surface area (Å²) < 4.78 is 0. The van der Waals surface area contributed by atoms with Gasteiger partial charge in [-0.25, -0.2) is 0 Å². The van der Waals surface area contributed by atoms with Crippen LogP contribution in [0.3, 0.4) is 0 Å². The Morgan fingerprint density at radius 2 is 1.45 bits per heavy atom. The van der Waals surface area contributed by atoms with Crippen molar-refractivity contribution in [2.45, 2.75) is 50.7 Å². The standard InChI is InChI=1S/C16H32NPSi2.ClGe/c1-17(2)13-14-11-9-10-12-15(14)18-16(19(3,4)5)20(6,7)8;1-2/h9-12,16,18H,13H2,1-8H3;. The van der Waals surface area contributed by atoms with E-state index in [0.717, 1.165) is 20.0 Å². The molecule has 0 fully saturated rings. The van der Waals surface area contributed by atoms with Crippen LogP contribution in [0.1, 0.15) is 5.56 Å². The van der Waals surface area contributed by atoms with Crippen LogP contribution in [0.2, 0.25) is 39.3 Å². The monoisotopic (exact) mass is 434 g/mol. The van der Waals surface area contributed by atoms with Gasteiger partial charge in [0, 0.05) is 22.7 Å². The van der Waals surface area contributed by atoms with Crippen molar-refractivity contribution >= 4 is 55.6 Å². The summed E-state index contributed by atoms with van der Waals surface area (Å²) in [6.07, 6.45) is 0. The first-order valence-electron chi connectivity index (χ1n) is 7.70. The Hall–Kier alpha value is 0.877. The molecule has 1 nitrogen and oxygen atoms in total.